The minimum atomic E-state index is -2.46. The maximum atomic E-state index is 13.0. The first-order chi connectivity index (χ1) is 15.5. The van der Waals surface area contributed by atoms with Crippen LogP contribution in [-0.2, 0) is 6.54 Å². The molecule has 0 aromatic carbocycles. The molecule has 1 aliphatic rings. The fraction of sp³-hybridized carbons (Fsp3) is 0.455. The van der Waals surface area contributed by atoms with E-state index in [1.165, 1.54) is 4.57 Å². The highest BCUT2D eigenvalue weighted by atomic mass is 19.3. The normalized spacial score (nSPS) is 19.3. The monoisotopic (exact) mass is 440 g/mol. The summed E-state index contributed by atoms with van der Waals surface area (Å²) in [7, 11) is 2.01. The molecule has 0 spiro atoms. The van der Waals surface area contributed by atoms with Crippen LogP contribution in [0.1, 0.15) is 31.5 Å². The lowest BCUT2D eigenvalue weighted by molar-refractivity contribution is 0.127. The maximum Gasteiger partial charge on any atom is 0.256 e. The zero-order valence-electron chi connectivity index (χ0n) is 18.1. The van der Waals surface area contributed by atoms with Crippen molar-refractivity contribution in [3.05, 3.63) is 36.5 Å². The second-order valence-corrected chi connectivity index (χ2v) is 8.35. The molecule has 0 saturated heterocycles. The van der Waals surface area contributed by atoms with Crippen LogP contribution >= 0.6 is 0 Å². The van der Waals surface area contributed by atoms with Gasteiger partial charge in [0.15, 0.2) is 5.65 Å². The van der Waals surface area contributed by atoms with Crippen molar-refractivity contribution in [2.24, 2.45) is 0 Å². The summed E-state index contributed by atoms with van der Waals surface area (Å²) in [5.74, 6) is 1.13. The van der Waals surface area contributed by atoms with Crippen LogP contribution in [-0.4, -0.2) is 54.7 Å². The highest BCUT2D eigenvalue weighted by molar-refractivity contribution is 5.85. The van der Waals surface area contributed by atoms with Crippen LogP contribution in [0.5, 0.6) is 0 Å². The predicted molar refractivity (Wildman–Crippen MR) is 119 cm³/mol. The van der Waals surface area contributed by atoms with Crippen LogP contribution in [0.15, 0.2) is 30.7 Å². The van der Waals surface area contributed by atoms with Gasteiger partial charge in [-0.2, -0.15) is 0 Å². The van der Waals surface area contributed by atoms with Crippen LogP contribution in [0.25, 0.3) is 27.8 Å². The summed E-state index contributed by atoms with van der Waals surface area (Å²) in [5, 5.41) is 11.4. The van der Waals surface area contributed by atoms with Crippen molar-refractivity contribution < 1.29 is 8.78 Å². The van der Waals surface area contributed by atoms with E-state index in [0.717, 1.165) is 42.3 Å². The molecule has 0 atom stereocenters. The van der Waals surface area contributed by atoms with E-state index in [4.69, 9.17) is 0 Å². The van der Waals surface area contributed by atoms with Crippen molar-refractivity contribution in [3.8, 4) is 11.1 Å². The van der Waals surface area contributed by atoms with Crippen LogP contribution < -0.4 is 10.6 Å². The smallest absolute Gasteiger partial charge is 0.256 e. The van der Waals surface area contributed by atoms with Gasteiger partial charge in [0.05, 0.1) is 23.8 Å². The van der Waals surface area contributed by atoms with E-state index in [1.54, 1.807) is 23.8 Å². The van der Waals surface area contributed by atoms with Gasteiger partial charge in [-0.25, -0.2) is 28.2 Å². The summed E-state index contributed by atoms with van der Waals surface area (Å²) in [5.41, 5.74) is 3.59. The number of anilines is 1. The summed E-state index contributed by atoms with van der Waals surface area (Å²) in [6, 6.07) is 4.76. The summed E-state index contributed by atoms with van der Waals surface area (Å²) in [6.07, 6.45) is 7.36. The second kappa shape index (κ2) is 8.42. The number of nitrogens with zero attached hydrogens (tertiary/aromatic N) is 6. The molecule has 4 aromatic heterocycles. The van der Waals surface area contributed by atoms with Gasteiger partial charge >= 0.3 is 0 Å². The molecule has 5 rings (SSSR count). The van der Waals surface area contributed by atoms with Gasteiger partial charge in [0.1, 0.15) is 5.82 Å². The Balaban J connectivity index is 1.42. The largest absolute Gasteiger partial charge is 0.350 e. The zero-order chi connectivity index (χ0) is 22.2. The first-order valence-electron chi connectivity index (χ1n) is 10.9. The van der Waals surface area contributed by atoms with E-state index in [9.17, 15) is 8.78 Å². The first kappa shape index (κ1) is 20.7. The quantitative estimate of drug-likeness (QED) is 0.476. The van der Waals surface area contributed by atoms with Gasteiger partial charge < -0.3 is 15.2 Å². The van der Waals surface area contributed by atoms with Crippen molar-refractivity contribution in [1.29, 1.82) is 0 Å². The molecule has 32 heavy (non-hydrogen) atoms. The van der Waals surface area contributed by atoms with Crippen molar-refractivity contribution >= 4 is 22.6 Å². The SMILES string of the molecule is CN[C@H]1CC[C@H](Nc2ncc3c(-c4cnc5nc(C)n(CC(F)F)c5c4)ccn3n2)CC1. The molecule has 1 saturated carbocycles. The van der Waals surface area contributed by atoms with E-state index < -0.39 is 13.0 Å². The Morgan fingerprint density at radius 2 is 1.88 bits per heavy atom. The number of aryl methyl sites for hydroxylation is 1. The summed E-state index contributed by atoms with van der Waals surface area (Å²) < 4.78 is 29.4. The predicted octanol–water partition coefficient (Wildman–Crippen LogP) is 3.66. The highest BCUT2D eigenvalue weighted by Gasteiger charge is 2.21. The van der Waals surface area contributed by atoms with Crippen LogP contribution in [0, 0.1) is 6.92 Å². The van der Waals surface area contributed by atoms with E-state index >= 15 is 0 Å². The van der Waals surface area contributed by atoms with Gasteiger partial charge in [0.25, 0.3) is 6.43 Å². The molecule has 168 valence electrons. The Kier molecular flexibility index (Phi) is 5.46. The lowest BCUT2D eigenvalue weighted by Gasteiger charge is -2.28. The number of alkyl halides is 2. The van der Waals surface area contributed by atoms with Gasteiger partial charge in [-0.3, -0.25) is 0 Å². The molecule has 8 nitrogen and oxygen atoms in total. The minimum absolute atomic E-state index is 0.372. The Morgan fingerprint density at radius 1 is 1.09 bits per heavy atom. The fourth-order valence-corrected chi connectivity index (χ4v) is 4.55. The zero-order valence-corrected chi connectivity index (χ0v) is 18.1. The number of pyridine rings is 1. The van der Waals surface area contributed by atoms with Gasteiger partial charge in [-0.15, -0.1) is 5.10 Å². The summed E-state index contributed by atoms with van der Waals surface area (Å²) in [6.45, 7) is 1.31. The van der Waals surface area contributed by atoms with Crippen LogP contribution in [0.3, 0.4) is 0 Å². The molecular weight excluding hydrogens is 414 g/mol. The second-order valence-electron chi connectivity index (χ2n) is 8.35. The van der Waals surface area contributed by atoms with Crippen molar-refractivity contribution in [2.75, 3.05) is 12.4 Å². The molecule has 0 radical (unpaired) electrons. The average Bonchev–Trinajstić information content (AvgIpc) is 3.34. The van der Waals surface area contributed by atoms with Gasteiger partial charge in [0.2, 0.25) is 5.95 Å². The molecule has 1 aliphatic carbocycles. The molecule has 0 amide bonds. The van der Waals surface area contributed by atoms with Crippen molar-refractivity contribution in [1.82, 2.24) is 34.4 Å². The van der Waals surface area contributed by atoms with Crippen LogP contribution in [0.4, 0.5) is 14.7 Å². The third-order valence-electron chi connectivity index (χ3n) is 6.31. The molecular formula is C22H26F2N8. The molecule has 4 heterocycles. The number of hydrogen-bond acceptors (Lipinski definition) is 6. The Bertz CT molecular complexity index is 1240. The summed E-state index contributed by atoms with van der Waals surface area (Å²) in [4.78, 5) is 13.2. The van der Waals surface area contributed by atoms with Crippen molar-refractivity contribution in [3.63, 3.8) is 0 Å². The molecule has 1 fully saturated rings. The number of hydrogen-bond donors (Lipinski definition) is 2. The molecule has 0 unspecified atom stereocenters. The summed E-state index contributed by atoms with van der Waals surface area (Å²) >= 11 is 0. The standard InChI is InChI=1S/C22H26F2N8/c1-13-28-21-18(31(13)12-20(23)24)9-14(10-26-21)17-7-8-32-19(17)11-27-22(30-32)29-16-5-3-15(25-2)4-6-16/h7-11,15-16,20,25H,3-6,12H2,1-2H3,(H,29,30)/t15-,16-. The first-order valence-corrected chi connectivity index (χ1v) is 10.9. The maximum absolute atomic E-state index is 13.0. The molecule has 0 aliphatic heterocycles. The fourth-order valence-electron chi connectivity index (χ4n) is 4.55. The lowest BCUT2D eigenvalue weighted by Crippen LogP contribution is -2.35. The van der Waals surface area contributed by atoms with Crippen molar-refractivity contribution in [2.45, 2.75) is 57.7 Å². The highest BCUT2D eigenvalue weighted by Crippen LogP contribution is 2.28. The van der Waals surface area contributed by atoms with Crippen LogP contribution in [0.2, 0.25) is 0 Å². The van der Waals surface area contributed by atoms with E-state index in [0.29, 0.717) is 35.0 Å². The Labute approximate surface area is 184 Å². The Morgan fingerprint density at radius 3 is 2.62 bits per heavy atom. The van der Waals surface area contributed by atoms with Gasteiger partial charge in [-0.1, -0.05) is 0 Å². The molecule has 4 aromatic rings. The van der Waals surface area contributed by atoms with E-state index in [2.05, 4.69) is 30.7 Å². The third kappa shape index (κ3) is 3.90. The third-order valence-corrected chi connectivity index (χ3v) is 6.31. The molecule has 2 N–H and O–H groups in total. The van der Waals surface area contributed by atoms with E-state index in [1.807, 2.05) is 25.4 Å². The van der Waals surface area contributed by atoms with E-state index in [-0.39, 0.29) is 0 Å². The lowest BCUT2D eigenvalue weighted by atomic mass is 9.91. The minimum Gasteiger partial charge on any atom is -0.350 e. The van der Waals surface area contributed by atoms with Gasteiger partial charge in [0, 0.05) is 35.6 Å². The van der Waals surface area contributed by atoms with Gasteiger partial charge in [-0.05, 0) is 51.8 Å². The number of imidazole rings is 1. The molecule has 10 heteroatoms. The average molecular weight is 441 g/mol. The number of fused-ring (bicyclic) bond motifs is 2. The number of halogens is 2. The number of rotatable bonds is 6. The Hall–Kier alpha value is -3.14. The number of nitrogens with one attached hydrogen (secondary N) is 2. The topological polar surface area (TPSA) is 85.0 Å². The number of aromatic nitrogens is 6. The molecule has 0 bridgehead atoms.